The molecule has 0 unspecified atom stereocenters. The number of esters is 1. The van der Waals surface area contributed by atoms with Crippen molar-refractivity contribution >= 4 is 11.9 Å². The van der Waals surface area contributed by atoms with Crippen LogP contribution in [-0.4, -0.2) is 31.6 Å². The zero-order valence-electron chi connectivity index (χ0n) is 16.8. The summed E-state index contributed by atoms with van der Waals surface area (Å²) >= 11 is 0. The molecule has 5 heteroatoms. The van der Waals surface area contributed by atoms with Crippen LogP contribution in [0.2, 0.25) is 0 Å². The fourth-order valence-electron chi connectivity index (χ4n) is 2.97. The summed E-state index contributed by atoms with van der Waals surface area (Å²) in [4.78, 5) is 25.3. The molecule has 1 N–H and O–H groups in total. The van der Waals surface area contributed by atoms with Crippen LogP contribution in [-0.2, 0) is 24.7 Å². The Morgan fingerprint density at radius 1 is 0.964 bits per heavy atom. The van der Waals surface area contributed by atoms with Gasteiger partial charge in [-0.05, 0) is 30.4 Å². The highest BCUT2D eigenvalue weighted by Crippen LogP contribution is 2.35. The molecule has 2 aromatic rings. The van der Waals surface area contributed by atoms with Crippen LogP contribution in [0.1, 0.15) is 38.3 Å². The van der Waals surface area contributed by atoms with E-state index in [2.05, 4.69) is 19.2 Å². The summed E-state index contributed by atoms with van der Waals surface area (Å²) in [5.41, 5.74) is -0.100. The average Bonchev–Trinajstić information content (AvgIpc) is 2.71. The van der Waals surface area contributed by atoms with E-state index in [4.69, 9.17) is 9.47 Å². The number of rotatable bonds is 10. The highest BCUT2D eigenvalue weighted by Gasteiger charge is 2.45. The van der Waals surface area contributed by atoms with E-state index >= 15 is 0 Å². The first kappa shape index (κ1) is 21.6. The van der Waals surface area contributed by atoms with Gasteiger partial charge in [0.25, 0.3) is 5.91 Å². The van der Waals surface area contributed by atoms with E-state index in [0.29, 0.717) is 30.2 Å². The largest absolute Gasteiger partial charge is 0.453 e. The number of benzene rings is 2. The Morgan fingerprint density at radius 3 is 1.96 bits per heavy atom. The molecule has 2 rings (SSSR count). The normalized spacial score (nSPS) is 11.3. The molecule has 0 bridgehead atoms. The Labute approximate surface area is 167 Å². The lowest BCUT2D eigenvalue weighted by Crippen LogP contribution is -2.43. The number of carbonyl (C=O) groups excluding carboxylic acids is 2. The van der Waals surface area contributed by atoms with Crippen LogP contribution in [0.5, 0.6) is 0 Å². The summed E-state index contributed by atoms with van der Waals surface area (Å²) in [6, 6.07) is 18.4. The van der Waals surface area contributed by atoms with Gasteiger partial charge in [0.05, 0.1) is 0 Å². The number of hydrogen-bond donors (Lipinski definition) is 1. The summed E-state index contributed by atoms with van der Waals surface area (Å²) < 4.78 is 11.4. The minimum atomic E-state index is -1.42. The van der Waals surface area contributed by atoms with Crippen LogP contribution in [0.15, 0.2) is 60.7 Å². The van der Waals surface area contributed by atoms with E-state index in [-0.39, 0.29) is 12.5 Å². The molecule has 0 heterocycles. The van der Waals surface area contributed by atoms with Crippen LogP contribution in [0.25, 0.3) is 0 Å². The second-order valence-electron chi connectivity index (χ2n) is 6.95. The summed E-state index contributed by atoms with van der Waals surface area (Å²) in [5, 5.41) is 2.78. The first-order chi connectivity index (χ1) is 13.5. The Morgan fingerprint density at radius 2 is 1.50 bits per heavy atom. The highest BCUT2D eigenvalue weighted by molar-refractivity contribution is 5.88. The molecule has 0 aromatic heterocycles. The van der Waals surface area contributed by atoms with Gasteiger partial charge in [0.1, 0.15) is 0 Å². The summed E-state index contributed by atoms with van der Waals surface area (Å²) in [6.07, 6.45) is 0.872. The van der Waals surface area contributed by atoms with Gasteiger partial charge in [0.2, 0.25) is 5.60 Å². The monoisotopic (exact) mass is 383 g/mol. The lowest BCUT2D eigenvalue weighted by molar-refractivity contribution is -0.170. The summed E-state index contributed by atoms with van der Waals surface area (Å²) in [6.45, 7) is 6.52. The molecule has 0 aliphatic rings. The molecular formula is C23H29NO4. The molecule has 0 atom stereocenters. The second-order valence-corrected chi connectivity index (χ2v) is 6.95. The molecule has 0 fully saturated rings. The van der Waals surface area contributed by atoms with Crippen molar-refractivity contribution in [1.29, 1.82) is 0 Å². The van der Waals surface area contributed by atoms with Gasteiger partial charge in [0, 0.05) is 13.2 Å². The molecule has 0 aliphatic carbocycles. The second kappa shape index (κ2) is 10.6. The van der Waals surface area contributed by atoms with Crippen molar-refractivity contribution in [2.45, 2.75) is 32.8 Å². The standard InChI is InChI=1S/C23H29NO4/c1-4-28-23(19-11-7-5-8-12-19,20-13-9-6-10-14-20)22(26)27-17-21(25)24-16-15-18(2)3/h5-14,18H,4,15-17H2,1-3H3,(H,24,25). The Balaban J connectivity index is 2.24. The number of hydrogen-bond acceptors (Lipinski definition) is 4. The third-order valence-electron chi connectivity index (χ3n) is 4.39. The molecule has 28 heavy (non-hydrogen) atoms. The summed E-state index contributed by atoms with van der Waals surface area (Å²) in [5.74, 6) is -0.434. The van der Waals surface area contributed by atoms with Crippen LogP contribution >= 0.6 is 0 Å². The molecule has 5 nitrogen and oxygen atoms in total. The van der Waals surface area contributed by atoms with Crippen molar-refractivity contribution in [3.8, 4) is 0 Å². The minimum absolute atomic E-state index is 0.305. The molecule has 1 amide bonds. The van der Waals surface area contributed by atoms with E-state index in [1.54, 1.807) is 0 Å². The Hall–Kier alpha value is -2.66. The van der Waals surface area contributed by atoms with Gasteiger partial charge in [-0.2, -0.15) is 0 Å². The first-order valence-electron chi connectivity index (χ1n) is 9.69. The number of nitrogens with one attached hydrogen (secondary N) is 1. The quantitative estimate of drug-likeness (QED) is 0.636. The van der Waals surface area contributed by atoms with Crippen molar-refractivity contribution in [2.24, 2.45) is 5.92 Å². The molecule has 0 aliphatic heterocycles. The lowest BCUT2D eigenvalue weighted by atomic mass is 9.86. The fourth-order valence-corrected chi connectivity index (χ4v) is 2.97. The Kier molecular flexibility index (Phi) is 8.20. The number of carbonyl (C=O) groups is 2. The molecule has 2 aromatic carbocycles. The minimum Gasteiger partial charge on any atom is -0.453 e. The third kappa shape index (κ3) is 5.42. The van der Waals surface area contributed by atoms with Crippen molar-refractivity contribution in [3.63, 3.8) is 0 Å². The van der Waals surface area contributed by atoms with Gasteiger partial charge >= 0.3 is 5.97 Å². The SMILES string of the molecule is CCOC(C(=O)OCC(=O)NCCC(C)C)(c1ccccc1)c1ccccc1. The molecule has 0 radical (unpaired) electrons. The zero-order chi connectivity index (χ0) is 20.4. The Bertz CT molecular complexity index is 704. The number of amides is 1. The molecule has 0 spiro atoms. The van der Waals surface area contributed by atoms with E-state index in [1.165, 1.54) is 0 Å². The van der Waals surface area contributed by atoms with Crippen LogP contribution < -0.4 is 5.32 Å². The van der Waals surface area contributed by atoms with Gasteiger partial charge in [-0.25, -0.2) is 4.79 Å². The van der Waals surface area contributed by atoms with E-state index in [9.17, 15) is 9.59 Å². The van der Waals surface area contributed by atoms with E-state index in [0.717, 1.165) is 6.42 Å². The van der Waals surface area contributed by atoms with Crippen molar-refractivity contribution in [3.05, 3.63) is 71.8 Å². The highest BCUT2D eigenvalue weighted by atomic mass is 16.6. The first-order valence-corrected chi connectivity index (χ1v) is 9.69. The topological polar surface area (TPSA) is 64.6 Å². The number of ether oxygens (including phenoxy) is 2. The van der Waals surface area contributed by atoms with E-state index in [1.807, 2.05) is 67.6 Å². The maximum absolute atomic E-state index is 13.2. The van der Waals surface area contributed by atoms with Crippen LogP contribution in [0.3, 0.4) is 0 Å². The van der Waals surface area contributed by atoms with Gasteiger partial charge in [-0.15, -0.1) is 0 Å². The fraction of sp³-hybridized carbons (Fsp3) is 0.391. The lowest BCUT2D eigenvalue weighted by Gasteiger charge is -2.32. The van der Waals surface area contributed by atoms with Crippen molar-refractivity contribution in [2.75, 3.05) is 19.8 Å². The molecular weight excluding hydrogens is 354 g/mol. The predicted octanol–water partition coefficient (Wildman–Crippen LogP) is 3.67. The van der Waals surface area contributed by atoms with Gasteiger partial charge in [0.15, 0.2) is 6.61 Å². The maximum atomic E-state index is 13.2. The van der Waals surface area contributed by atoms with Crippen LogP contribution in [0, 0.1) is 5.92 Å². The van der Waals surface area contributed by atoms with E-state index < -0.39 is 11.6 Å². The zero-order valence-corrected chi connectivity index (χ0v) is 16.8. The summed E-state index contributed by atoms with van der Waals surface area (Å²) in [7, 11) is 0. The average molecular weight is 383 g/mol. The maximum Gasteiger partial charge on any atom is 0.348 e. The predicted molar refractivity (Wildman–Crippen MR) is 109 cm³/mol. The van der Waals surface area contributed by atoms with Crippen molar-refractivity contribution in [1.82, 2.24) is 5.32 Å². The van der Waals surface area contributed by atoms with Gasteiger partial charge in [-0.3, -0.25) is 4.79 Å². The third-order valence-corrected chi connectivity index (χ3v) is 4.39. The molecule has 0 saturated heterocycles. The van der Waals surface area contributed by atoms with Crippen LogP contribution in [0.4, 0.5) is 0 Å². The van der Waals surface area contributed by atoms with Gasteiger partial charge < -0.3 is 14.8 Å². The van der Waals surface area contributed by atoms with Gasteiger partial charge in [-0.1, -0.05) is 74.5 Å². The smallest absolute Gasteiger partial charge is 0.348 e. The molecule has 0 saturated carbocycles. The van der Waals surface area contributed by atoms with Crippen molar-refractivity contribution < 1.29 is 19.1 Å². The molecule has 150 valence electrons.